The minimum Gasteiger partial charge on any atom is -0.462 e. The van der Waals surface area contributed by atoms with E-state index < -0.39 is 6.10 Å². The summed E-state index contributed by atoms with van der Waals surface area (Å²) < 4.78 is 16.9. The van der Waals surface area contributed by atoms with E-state index in [1.807, 2.05) is 0 Å². The highest BCUT2D eigenvalue weighted by Gasteiger charge is 2.19. The molecule has 0 fully saturated rings. The molecule has 0 aromatic heterocycles. The molecule has 0 aromatic rings. The molecule has 1 unspecified atom stereocenters. The topological polar surface area (TPSA) is 78.9 Å². The number of carbonyl (C=O) groups is 3. The van der Waals surface area contributed by atoms with Crippen molar-refractivity contribution in [1.29, 1.82) is 0 Å². The summed E-state index contributed by atoms with van der Waals surface area (Å²) in [5.74, 6) is -1.03. The molecule has 0 spiro atoms. The van der Waals surface area contributed by atoms with Crippen LogP contribution in [0, 0.1) is 0 Å². The van der Waals surface area contributed by atoms with Gasteiger partial charge < -0.3 is 14.2 Å². The standard InChI is InChI=1S/C75H114O6/c1-4-7-10-13-16-19-22-25-28-31-34-37-40-43-46-49-52-55-58-61-64-67-73(76)79-70-72(81-75(78)69-66-63-60-57-54-51-48-45-42-39-36-33-30-27-24-21-18-15-12-9-6-3)71-80-74(77)68-65-62-59-56-53-50-47-44-41-38-35-32-29-26-23-20-17-14-11-8-5-2/h7-12,16-21,25-30,34-39,43,45-46,48,52,54-55,57,72H,4-6,13-15,22-24,31-33,40-42,44,47,49-51,53,56,58-71H2,1-3H3/b10-7-,11-8-,12-9-,19-16-,20-17-,21-18-,28-25-,29-26-,30-27-,37-34-,38-35-,39-36-,46-43-,48-45-,55-52-,57-54-. The van der Waals surface area contributed by atoms with Crippen molar-refractivity contribution in [2.45, 2.75) is 245 Å². The average Bonchev–Trinajstić information content (AvgIpc) is 3.47. The van der Waals surface area contributed by atoms with Crippen LogP contribution >= 0.6 is 0 Å². The summed E-state index contributed by atoms with van der Waals surface area (Å²) in [6, 6.07) is 0. The third-order valence-corrected chi connectivity index (χ3v) is 12.6. The fourth-order valence-corrected chi connectivity index (χ4v) is 7.91. The van der Waals surface area contributed by atoms with Gasteiger partial charge in [-0.05, 0) is 161 Å². The Morgan fingerprint density at radius 3 is 0.716 bits per heavy atom. The minimum absolute atomic E-state index is 0.125. The average molecular weight is 1110 g/mol. The first kappa shape index (κ1) is 75.2. The molecule has 1 atom stereocenters. The maximum atomic E-state index is 12.9. The monoisotopic (exact) mass is 1110 g/mol. The van der Waals surface area contributed by atoms with Crippen LogP contribution < -0.4 is 0 Å². The van der Waals surface area contributed by atoms with Gasteiger partial charge in [-0.25, -0.2) is 0 Å². The molecule has 0 bridgehead atoms. The van der Waals surface area contributed by atoms with E-state index in [9.17, 15) is 14.4 Å². The summed E-state index contributed by atoms with van der Waals surface area (Å²) in [7, 11) is 0. The van der Waals surface area contributed by atoms with Gasteiger partial charge in [-0.15, -0.1) is 0 Å². The lowest BCUT2D eigenvalue weighted by Gasteiger charge is -2.18. The lowest BCUT2D eigenvalue weighted by Crippen LogP contribution is -2.30. The summed E-state index contributed by atoms with van der Waals surface area (Å²) in [4.78, 5) is 38.4. The molecule has 0 saturated heterocycles. The quantitative estimate of drug-likeness (QED) is 0.0261. The molecule has 0 aliphatic heterocycles. The van der Waals surface area contributed by atoms with E-state index >= 15 is 0 Å². The van der Waals surface area contributed by atoms with Crippen LogP contribution in [0.15, 0.2) is 194 Å². The Kier molecular flexibility index (Phi) is 62.0. The van der Waals surface area contributed by atoms with Gasteiger partial charge in [-0.3, -0.25) is 14.4 Å². The Hall–Kier alpha value is -5.75. The zero-order valence-electron chi connectivity index (χ0n) is 51.5. The van der Waals surface area contributed by atoms with Gasteiger partial charge in [0.25, 0.3) is 0 Å². The molecule has 0 saturated carbocycles. The third kappa shape index (κ3) is 64.9. The van der Waals surface area contributed by atoms with Gasteiger partial charge >= 0.3 is 17.9 Å². The number of hydrogen-bond donors (Lipinski definition) is 0. The van der Waals surface area contributed by atoms with E-state index in [-0.39, 0.29) is 44.0 Å². The van der Waals surface area contributed by atoms with E-state index in [0.717, 1.165) is 154 Å². The summed E-state index contributed by atoms with van der Waals surface area (Å²) in [6.45, 7) is 6.21. The fraction of sp³-hybridized carbons (Fsp3) is 0.533. The maximum absolute atomic E-state index is 12.9. The van der Waals surface area contributed by atoms with Crippen molar-refractivity contribution in [2.24, 2.45) is 0 Å². The summed E-state index contributed by atoms with van der Waals surface area (Å²) >= 11 is 0. The van der Waals surface area contributed by atoms with E-state index in [0.29, 0.717) is 19.3 Å². The highest BCUT2D eigenvalue weighted by molar-refractivity contribution is 5.71. The highest BCUT2D eigenvalue weighted by Crippen LogP contribution is 2.13. The number of unbranched alkanes of at least 4 members (excludes halogenated alkanes) is 12. The van der Waals surface area contributed by atoms with Gasteiger partial charge in [0.15, 0.2) is 6.10 Å². The first-order chi connectivity index (χ1) is 40.0. The van der Waals surface area contributed by atoms with Gasteiger partial charge in [0.2, 0.25) is 0 Å². The van der Waals surface area contributed by atoms with E-state index in [1.54, 1.807) is 0 Å². The number of carbonyl (C=O) groups excluding carboxylic acids is 3. The molecule has 6 nitrogen and oxygen atoms in total. The molecule has 0 aliphatic rings. The lowest BCUT2D eigenvalue weighted by atomic mass is 10.1. The Morgan fingerprint density at radius 2 is 0.444 bits per heavy atom. The molecular formula is C75H114O6. The van der Waals surface area contributed by atoms with E-state index in [4.69, 9.17) is 14.2 Å². The number of hydrogen-bond acceptors (Lipinski definition) is 6. The zero-order chi connectivity index (χ0) is 58.5. The first-order valence-electron chi connectivity index (χ1n) is 31.9. The normalized spacial score (nSPS) is 13.5. The molecule has 81 heavy (non-hydrogen) atoms. The predicted molar refractivity (Wildman–Crippen MR) is 352 cm³/mol. The molecule has 0 radical (unpaired) electrons. The molecule has 0 rings (SSSR count). The van der Waals surface area contributed by atoms with Crippen molar-refractivity contribution in [2.75, 3.05) is 13.2 Å². The van der Waals surface area contributed by atoms with E-state index in [2.05, 4.69) is 215 Å². The minimum atomic E-state index is -0.837. The van der Waals surface area contributed by atoms with Gasteiger partial charge in [0.05, 0.1) is 0 Å². The van der Waals surface area contributed by atoms with Crippen LogP contribution in [0.3, 0.4) is 0 Å². The molecule has 0 heterocycles. The van der Waals surface area contributed by atoms with Crippen LogP contribution in [0.25, 0.3) is 0 Å². The fourth-order valence-electron chi connectivity index (χ4n) is 7.91. The second-order valence-electron chi connectivity index (χ2n) is 20.2. The molecule has 0 aliphatic carbocycles. The molecule has 0 amide bonds. The van der Waals surface area contributed by atoms with Gasteiger partial charge in [-0.2, -0.15) is 0 Å². The second-order valence-corrected chi connectivity index (χ2v) is 20.2. The summed E-state index contributed by atoms with van der Waals surface area (Å²) in [6.07, 6.45) is 101. The second kappa shape index (κ2) is 66.8. The molecule has 0 N–H and O–H groups in total. The van der Waals surface area contributed by atoms with Crippen LogP contribution in [0.1, 0.15) is 239 Å². The van der Waals surface area contributed by atoms with Gasteiger partial charge in [0, 0.05) is 19.3 Å². The third-order valence-electron chi connectivity index (χ3n) is 12.6. The van der Waals surface area contributed by atoms with Crippen molar-refractivity contribution in [3.8, 4) is 0 Å². The zero-order valence-corrected chi connectivity index (χ0v) is 51.5. The van der Waals surface area contributed by atoms with Crippen LogP contribution in [0.4, 0.5) is 0 Å². The smallest absolute Gasteiger partial charge is 0.306 e. The molecule has 450 valence electrons. The lowest BCUT2D eigenvalue weighted by molar-refractivity contribution is -0.167. The number of rotatable bonds is 55. The maximum Gasteiger partial charge on any atom is 0.306 e. The Labute approximate surface area is 497 Å². The van der Waals surface area contributed by atoms with Crippen LogP contribution in [-0.4, -0.2) is 37.2 Å². The van der Waals surface area contributed by atoms with Crippen LogP contribution in [-0.2, 0) is 28.6 Å². The SMILES string of the molecule is CC/C=C\C/C=C\C/C=C\C/C=C\C/C=C\C/C=C\CCCCC(=O)OCC(COC(=O)CCCCCCCCCC/C=C\C/C=C\C/C=C\C/C=C\CC)OC(=O)CCCC/C=C\C/C=C\C/C=C\C/C=C\C/C=C\C/C=C\CC. The van der Waals surface area contributed by atoms with Crippen molar-refractivity contribution >= 4 is 17.9 Å². The number of ether oxygens (including phenoxy) is 3. The summed E-state index contributed by atoms with van der Waals surface area (Å²) in [5.41, 5.74) is 0. The molecule has 0 aromatic carbocycles. The van der Waals surface area contributed by atoms with Gasteiger partial charge in [0.1, 0.15) is 13.2 Å². The van der Waals surface area contributed by atoms with Crippen molar-refractivity contribution < 1.29 is 28.6 Å². The number of allylic oxidation sites excluding steroid dienone is 32. The number of esters is 3. The van der Waals surface area contributed by atoms with Crippen LogP contribution in [0.2, 0.25) is 0 Å². The Balaban J connectivity index is 4.61. The molecule has 6 heteroatoms. The largest absolute Gasteiger partial charge is 0.462 e. The predicted octanol–water partition coefficient (Wildman–Crippen LogP) is 22.2. The van der Waals surface area contributed by atoms with Crippen molar-refractivity contribution in [3.05, 3.63) is 194 Å². The highest BCUT2D eigenvalue weighted by atomic mass is 16.6. The Morgan fingerprint density at radius 1 is 0.247 bits per heavy atom. The summed E-state index contributed by atoms with van der Waals surface area (Å²) in [5, 5.41) is 0. The van der Waals surface area contributed by atoms with Crippen molar-refractivity contribution in [1.82, 2.24) is 0 Å². The molecular weight excluding hydrogens is 997 g/mol. The first-order valence-corrected chi connectivity index (χ1v) is 31.9. The van der Waals surface area contributed by atoms with Crippen molar-refractivity contribution in [3.63, 3.8) is 0 Å². The van der Waals surface area contributed by atoms with E-state index in [1.165, 1.54) is 32.1 Å². The van der Waals surface area contributed by atoms with Gasteiger partial charge in [-0.1, -0.05) is 254 Å². The van der Waals surface area contributed by atoms with Crippen LogP contribution in [0.5, 0.6) is 0 Å². The Bertz CT molecular complexity index is 1950.